The van der Waals surface area contributed by atoms with Gasteiger partial charge in [-0.3, -0.25) is 0 Å². The van der Waals surface area contributed by atoms with Gasteiger partial charge < -0.3 is 9.47 Å². The van der Waals surface area contributed by atoms with E-state index in [1.807, 2.05) is 37.3 Å². The number of para-hydroxylation sites is 1. The highest BCUT2D eigenvalue weighted by atomic mass is 35.5. The van der Waals surface area contributed by atoms with Gasteiger partial charge in [0.1, 0.15) is 5.75 Å². The summed E-state index contributed by atoms with van der Waals surface area (Å²) < 4.78 is 10.8. The lowest BCUT2D eigenvalue weighted by molar-refractivity contribution is -0.129. The summed E-state index contributed by atoms with van der Waals surface area (Å²) in [5.41, 5.74) is 1.57. The van der Waals surface area contributed by atoms with Crippen LogP contribution in [0.25, 0.3) is 6.08 Å². The van der Waals surface area contributed by atoms with Crippen LogP contribution in [0.5, 0.6) is 5.75 Å². The number of benzene rings is 2. The van der Waals surface area contributed by atoms with E-state index in [2.05, 4.69) is 4.99 Å². The molecule has 0 amide bonds. The van der Waals surface area contributed by atoms with E-state index < -0.39 is 5.97 Å². The summed E-state index contributed by atoms with van der Waals surface area (Å²) in [6, 6.07) is 14.5. The molecule has 23 heavy (non-hydrogen) atoms. The molecule has 2 aromatic rings. The Morgan fingerprint density at radius 1 is 1.17 bits per heavy atom. The number of nitrogens with zero attached hydrogens (tertiary/aromatic N) is 1. The van der Waals surface area contributed by atoms with Crippen molar-refractivity contribution >= 4 is 29.5 Å². The molecule has 1 heterocycles. The highest BCUT2D eigenvalue weighted by molar-refractivity contribution is 6.34. The fraction of sp³-hybridized carbons (Fsp3) is 0.111. The summed E-state index contributed by atoms with van der Waals surface area (Å²) in [6.07, 6.45) is 1.65. The van der Waals surface area contributed by atoms with Crippen molar-refractivity contribution in [1.82, 2.24) is 0 Å². The van der Waals surface area contributed by atoms with Crippen molar-refractivity contribution in [2.45, 2.75) is 6.92 Å². The number of rotatable bonds is 4. The van der Waals surface area contributed by atoms with Crippen molar-refractivity contribution in [2.75, 3.05) is 6.61 Å². The van der Waals surface area contributed by atoms with Crippen LogP contribution in [0.3, 0.4) is 0 Å². The van der Waals surface area contributed by atoms with Gasteiger partial charge in [-0.1, -0.05) is 41.9 Å². The minimum Gasteiger partial charge on any atom is -0.493 e. The Bertz CT molecular complexity index is 811. The van der Waals surface area contributed by atoms with Crippen LogP contribution < -0.4 is 4.74 Å². The summed E-state index contributed by atoms with van der Waals surface area (Å²) in [5.74, 6) is 0.392. The standard InChI is InChI=1S/C18H14ClNO3/c1-2-22-16-10-6-3-7-12(16)11-15-18(21)23-17(20-15)13-8-4-5-9-14(13)19/h3-11H,2H2,1H3/b15-11-. The van der Waals surface area contributed by atoms with Crippen LogP contribution in [0.4, 0.5) is 0 Å². The zero-order chi connectivity index (χ0) is 16.2. The second kappa shape index (κ2) is 6.67. The van der Waals surface area contributed by atoms with Crippen molar-refractivity contribution in [2.24, 2.45) is 4.99 Å². The first-order chi connectivity index (χ1) is 11.2. The van der Waals surface area contributed by atoms with Crippen molar-refractivity contribution in [1.29, 1.82) is 0 Å². The number of cyclic esters (lactones) is 1. The third-order valence-corrected chi connectivity index (χ3v) is 3.57. The zero-order valence-corrected chi connectivity index (χ0v) is 13.2. The van der Waals surface area contributed by atoms with Crippen LogP contribution in [-0.2, 0) is 9.53 Å². The van der Waals surface area contributed by atoms with E-state index in [1.54, 1.807) is 24.3 Å². The van der Waals surface area contributed by atoms with E-state index in [1.165, 1.54) is 0 Å². The van der Waals surface area contributed by atoms with Gasteiger partial charge >= 0.3 is 5.97 Å². The molecule has 116 valence electrons. The molecule has 3 rings (SSSR count). The summed E-state index contributed by atoms with van der Waals surface area (Å²) in [6.45, 7) is 2.44. The fourth-order valence-electron chi connectivity index (χ4n) is 2.19. The molecule has 0 saturated carbocycles. The van der Waals surface area contributed by atoms with Gasteiger partial charge in [0, 0.05) is 5.56 Å². The normalized spacial score (nSPS) is 15.5. The predicted molar refractivity (Wildman–Crippen MR) is 89.7 cm³/mol. The number of aliphatic imine (C=N–C) groups is 1. The predicted octanol–water partition coefficient (Wildman–Crippen LogP) is 4.08. The lowest BCUT2D eigenvalue weighted by Gasteiger charge is -2.06. The third kappa shape index (κ3) is 3.27. The Hall–Kier alpha value is -2.59. The summed E-state index contributed by atoms with van der Waals surface area (Å²) in [4.78, 5) is 16.3. The topological polar surface area (TPSA) is 47.9 Å². The van der Waals surface area contributed by atoms with Gasteiger partial charge in [-0.2, -0.15) is 0 Å². The van der Waals surface area contributed by atoms with Crippen LogP contribution in [0.2, 0.25) is 5.02 Å². The van der Waals surface area contributed by atoms with Gasteiger partial charge in [-0.05, 0) is 31.2 Å². The lowest BCUT2D eigenvalue weighted by atomic mass is 10.1. The van der Waals surface area contributed by atoms with Gasteiger partial charge in [-0.25, -0.2) is 9.79 Å². The fourth-order valence-corrected chi connectivity index (χ4v) is 2.41. The van der Waals surface area contributed by atoms with Gasteiger partial charge in [0.25, 0.3) is 0 Å². The van der Waals surface area contributed by atoms with E-state index in [0.29, 0.717) is 22.9 Å². The molecule has 2 aromatic carbocycles. The number of hydrogen-bond acceptors (Lipinski definition) is 4. The maximum atomic E-state index is 12.1. The second-order valence-electron chi connectivity index (χ2n) is 4.79. The van der Waals surface area contributed by atoms with E-state index in [4.69, 9.17) is 21.1 Å². The number of esters is 1. The molecule has 0 N–H and O–H groups in total. The highest BCUT2D eigenvalue weighted by Gasteiger charge is 2.25. The molecule has 1 aliphatic rings. The minimum atomic E-state index is -0.508. The van der Waals surface area contributed by atoms with Crippen LogP contribution in [0.1, 0.15) is 18.1 Å². The van der Waals surface area contributed by atoms with E-state index in [0.717, 1.165) is 5.56 Å². The number of carbonyl (C=O) groups excluding carboxylic acids is 1. The largest absolute Gasteiger partial charge is 0.493 e. The van der Waals surface area contributed by atoms with E-state index in [-0.39, 0.29) is 11.6 Å². The average molecular weight is 328 g/mol. The van der Waals surface area contributed by atoms with Gasteiger partial charge in [0.05, 0.1) is 17.2 Å². The van der Waals surface area contributed by atoms with Crippen LogP contribution in [0.15, 0.2) is 59.2 Å². The van der Waals surface area contributed by atoms with Crippen LogP contribution in [0, 0.1) is 0 Å². The Labute approximate surface area is 139 Å². The maximum Gasteiger partial charge on any atom is 0.363 e. The molecule has 4 nitrogen and oxygen atoms in total. The first-order valence-corrected chi connectivity index (χ1v) is 7.56. The summed E-state index contributed by atoms with van der Waals surface area (Å²) in [7, 11) is 0. The van der Waals surface area contributed by atoms with Crippen molar-refractivity contribution in [3.05, 3.63) is 70.4 Å². The average Bonchev–Trinajstić information content (AvgIpc) is 2.91. The summed E-state index contributed by atoms with van der Waals surface area (Å²) in [5, 5.41) is 0.481. The SMILES string of the molecule is CCOc1ccccc1/C=C1\N=C(c2ccccc2Cl)OC1=O. The number of carbonyl (C=O) groups is 1. The Balaban J connectivity index is 1.98. The molecule has 0 fully saturated rings. The quantitative estimate of drug-likeness (QED) is 0.628. The van der Waals surface area contributed by atoms with E-state index >= 15 is 0 Å². The molecule has 0 aliphatic carbocycles. The van der Waals surface area contributed by atoms with Gasteiger partial charge in [0.15, 0.2) is 5.70 Å². The molecule has 0 radical (unpaired) electrons. The molecule has 0 saturated heterocycles. The highest BCUT2D eigenvalue weighted by Crippen LogP contribution is 2.26. The Morgan fingerprint density at radius 2 is 1.91 bits per heavy atom. The number of hydrogen-bond donors (Lipinski definition) is 0. The molecular weight excluding hydrogens is 314 g/mol. The molecule has 5 heteroatoms. The van der Waals surface area contributed by atoms with Crippen molar-refractivity contribution in [3.63, 3.8) is 0 Å². The maximum absolute atomic E-state index is 12.1. The first-order valence-electron chi connectivity index (χ1n) is 7.18. The Kier molecular flexibility index (Phi) is 4.44. The molecule has 0 aromatic heterocycles. The minimum absolute atomic E-state index is 0.209. The lowest BCUT2D eigenvalue weighted by Crippen LogP contribution is -2.05. The van der Waals surface area contributed by atoms with Gasteiger partial charge in [-0.15, -0.1) is 0 Å². The van der Waals surface area contributed by atoms with Crippen molar-refractivity contribution in [3.8, 4) is 5.75 Å². The van der Waals surface area contributed by atoms with Crippen LogP contribution >= 0.6 is 11.6 Å². The van der Waals surface area contributed by atoms with Crippen LogP contribution in [-0.4, -0.2) is 18.5 Å². The second-order valence-corrected chi connectivity index (χ2v) is 5.19. The Morgan fingerprint density at radius 3 is 2.70 bits per heavy atom. The smallest absolute Gasteiger partial charge is 0.363 e. The molecule has 0 spiro atoms. The molecule has 1 aliphatic heterocycles. The van der Waals surface area contributed by atoms with E-state index in [9.17, 15) is 4.79 Å². The molecular formula is C18H14ClNO3. The number of ether oxygens (including phenoxy) is 2. The monoisotopic (exact) mass is 327 g/mol. The molecule has 0 bridgehead atoms. The molecule has 0 unspecified atom stereocenters. The zero-order valence-electron chi connectivity index (χ0n) is 12.5. The third-order valence-electron chi connectivity index (χ3n) is 3.24. The number of halogens is 1. The van der Waals surface area contributed by atoms with Crippen molar-refractivity contribution < 1.29 is 14.3 Å². The summed E-state index contributed by atoms with van der Waals surface area (Å²) >= 11 is 6.11. The first kappa shape index (κ1) is 15.3. The van der Waals surface area contributed by atoms with Gasteiger partial charge in [0.2, 0.25) is 5.90 Å². The molecule has 0 atom stereocenters.